The predicted octanol–water partition coefficient (Wildman–Crippen LogP) is 2.68. The second-order valence-electron chi connectivity index (χ2n) is 4.41. The molecule has 1 N–H and O–H groups in total. The molecule has 0 unspecified atom stereocenters. The molecule has 8 nitrogen and oxygen atoms in total. The van der Waals surface area contributed by atoms with Crippen molar-refractivity contribution < 1.29 is 14.6 Å². The molecule has 0 saturated carbocycles. The van der Waals surface area contributed by atoms with Crippen molar-refractivity contribution in [3.63, 3.8) is 0 Å². The van der Waals surface area contributed by atoms with Gasteiger partial charge in [0.2, 0.25) is 5.91 Å². The summed E-state index contributed by atoms with van der Waals surface area (Å²) in [6.07, 6.45) is -0.159. The number of non-ortho nitro benzene ring substituents is 1. The number of para-hydroxylation sites is 1. The average Bonchev–Trinajstić information content (AvgIpc) is 2.48. The Kier molecular flexibility index (Phi) is 4.42. The highest BCUT2D eigenvalue weighted by atomic mass is 16.6. The van der Waals surface area contributed by atoms with Gasteiger partial charge in [-0.25, -0.2) is 0 Å². The van der Waals surface area contributed by atoms with Crippen molar-refractivity contribution in [2.45, 2.75) is 6.42 Å². The van der Waals surface area contributed by atoms with Gasteiger partial charge in [-0.2, -0.15) is 0 Å². The van der Waals surface area contributed by atoms with Gasteiger partial charge in [-0.05, 0) is 12.1 Å². The van der Waals surface area contributed by atoms with Crippen LogP contribution in [0, 0.1) is 20.2 Å². The van der Waals surface area contributed by atoms with E-state index >= 15 is 0 Å². The summed E-state index contributed by atoms with van der Waals surface area (Å²) >= 11 is 0. The minimum Gasteiger partial charge on any atom is -0.326 e. The Morgan fingerprint density at radius 1 is 0.955 bits per heavy atom. The van der Waals surface area contributed by atoms with Gasteiger partial charge < -0.3 is 5.32 Å². The van der Waals surface area contributed by atoms with Crippen molar-refractivity contribution in [2.75, 3.05) is 5.32 Å². The number of nitrogens with zero attached hydrogens (tertiary/aromatic N) is 2. The van der Waals surface area contributed by atoms with Gasteiger partial charge in [0.25, 0.3) is 11.4 Å². The summed E-state index contributed by atoms with van der Waals surface area (Å²) in [6, 6.07) is 11.3. The SMILES string of the molecule is O=C(Cc1ccccc1[N+](=O)[O-])Nc1ccc([N+](=O)[O-])cc1. The Bertz CT molecular complexity index is 728. The van der Waals surface area contributed by atoms with Crippen LogP contribution in [0.4, 0.5) is 17.1 Å². The number of rotatable bonds is 5. The number of nitro benzene ring substituents is 2. The molecule has 2 aromatic rings. The monoisotopic (exact) mass is 301 g/mol. The molecule has 8 heteroatoms. The van der Waals surface area contributed by atoms with Crippen LogP contribution < -0.4 is 5.32 Å². The number of anilines is 1. The highest BCUT2D eigenvalue weighted by Gasteiger charge is 2.15. The van der Waals surface area contributed by atoms with Gasteiger partial charge in [-0.1, -0.05) is 18.2 Å². The summed E-state index contributed by atoms with van der Waals surface area (Å²) in [4.78, 5) is 32.2. The van der Waals surface area contributed by atoms with E-state index in [1.54, 1.807) is 6.07 Å². The summed E-state index contributed by atoms with van der Waals surface area (Å²) in [6.45, 7) is 0. The normalized spacial score (nSPS) is 10.0. The lowest BCUT2D eigenvalue weighted by atomic mass is 10.1. The minimum atomic E-state index is -0.547. The molecule has 2 aromatic carbocycles. The lowest BCUT2D eigenvalue weighted by Gasteiger charge is -2.05. The number of amides is 1. The molecule has 1 amide bonds. The predicted molar refractivity (Wildman–Crippen MR) is 78.5 cm³/mol. The van der Waals surface area contributed by atoms with E-state index in [-0.39, 0.29) is 17.8 Å². The number of carbonyl (C=O) groups excluding carboxylic acids is 1. The molecule has 112 valence electrons. The molecule has 0 aliphatic rings. The molecule has 0 aliphatic heterocycles. The lowest BCUT2D eigenvalue weighted by molar-refractivity contribution is -0.385. The van der Waals surface area contributed by atoms with Crippen LogP contribution >= 0.6 is 0 Å². The van der Waals surface area contributed by atoms with Gasteiger partial charge in [0, 0.05) is 29.4 Å². The molecule has 22 heavy (non-hydrogen) atoms. The quantitative estimate of drug-likeness (QED) is 0.673. The fourth-order valence-electron chi connectivity index (χ4n) is 1.88. The second kappa shape index (κ2) is 6.44. The van der Waals surface area contributed by atoms with E-state index in [1.807, 2.05) is 0 Å². The van der Waals surface area contributed by atoms with Gasteiger partial charge in [0.15, 0.2) is 0 Å². The first-order valence-electron chi connectivity index (χ1n) is 6.24. The molecule has 0 heterocycles. The molecule has 0 aromatic heterocycles. The minimum absolute atomic E-state index is 0.0864. The lowest BCUT2D eigenvalue weighted by Crippen LogP contribution is -2.15. The average molecular weight is 301 g/mol. The van der Waals surface area contributed by atoms with Gasteiger partial charge in [0.05, 0.1) is 16.3 Å². The molecule has 0 aliphatic carbocycles. The first-order chi connectivity index (χ1) is 10.5. The number of benzene rings is 2. The maximum atomic E-state index is 11.9. The van der Waals surface area contributed by atoms with Crippen LogP contribution in [-0.2, 0) is 11.2 Å². The fraction of sp³-hybridized carbons (Fsp3) is 0.0714. The van der Waals surface area contributed by atoms with E-state index < -0.39 is 15.8 Å². The topological polar surface area (TPSA) is 115 Å². The first kappa shape index (κ1) is 15.1. The molecule has 0 saturated heterocycles. The van der Waals surface area contributed by atoms with Crippen molar-refractivity contribution in [1.29, 1.82) is 0 Å². The van der Waals surface area contributed by atoms with Gasteiger partial charge in [-0.3, -0.25) is 25.0 Å². The molecule has 0 spiro atoms. The smallest absolute Gasteiger partial charge is 0.273 e. The van der Waals surface area contributed by atoms with Crippen LogP contribution in [0.2, 0.25) is 0 Å². The number of nitro groups is 2. The van der Waals surface area contributed by atoms with E-state index in [9.17, 15) is 25.0 Å². The summed E-state index contributed by atoms with van der Waals surface area (Å²) < 4.78 is 0. The van der Waals surface area contributed by atoms with E-state index in [1.165, 1.54) is 42.5 Å². The standard InChI is InChI=1S/C14H11N3O5/c18-14(9-10-3-1-2-4-13(10)17(21)22)15-11-5-7-12(8-6-11)16(19)20/h1-8H,9H2,(H,15,18). The Labute approximate surface area is 124 Å². The van der Waals surface area contributed by atoms with Gasteiger partial charge in [-0.15, -0.1) is 0 Å². The highest BCUT2D eigenvalue weighted by Crippen LogP contribution is 2.19. The fourth-order valence-corrected chi connectivity index (χ4v) is 1.88. The maximum Gasteiger partial charge on any atom is 0.273 e. The summed E-state index contributed by atoms with van der Waals surface area (Å²) in [7, 11) is 0. The van der Waals surface area contributed by atoms with Crippen LogP contribution in [0.3, 0.4) is 0 Å². The maximum absolute atomic E-state index is 11.9. The number of carbonyl (C=O) groups is 1. The molecular weight excluding hydrogens is 290 g/mol. The van der Waals surface area contributed by atoms with Crippen LogP contribution in [-0.4, -0.2) is 15.8 Å². The molecule has 0 radical (unpaired) electrons. The third-order valence-corrected chi connectivity index (χ3v) is 2.90. The van der Waals surface area contributed by atoms with Crippen molar-refractivity contribution in [1.82, 2.24) is 0 Å². The molecule has 0 bridgehead atoms. The molecular formula is C14H11N3O5. The Balaban J connectivity index is 2.07. The van der Waals surface area contributed by atoms with Crippen LogP contribution in [0.15, 0.2) is 48.5 Å². The van der Waals surface area contributed by atoms with E-state index in [0.29, 0.717) is 11.3 Å². The van der Waals surface area contributed by atoms with Crippen LogP contribution in [0.1, 0.15) is 5.56 Å². The summed E-state index contributed by atoms with van der Waals surface area (Å²) in [5, 5.41) is 23.9. The molecule has 0 atom stereocenters. The van der Waals surface area contributed by atoms with Crippen molar-refractivity contribution in [3.05, 3.63) is 74.3 Å². The number of hydrogen-bond donors (Lipinski definition) is 1. The molecule has 2 rings (SSSR count). The van der Waals surface area contributed by atoms with Crippen molar-refractivity contribution in [2.24, 2.45) is 0 Å². The highest BCUT2D eigenvalue weighted by molar-refractivity contribution is 5.92. The zero-order valence-corrected chi connectivity index (χ0v) is 11.3. The first-order valence-corrected chi connectivity index (χ1v) is 6.24. The zero-order chi connectivity index (χ0) is 16.1. The van der Waals surface area contributed by atoms with Gasteiger partial charge >= 0.3 is 0 Å². The second-order valence-corrected chi connectivity index (χ2v) is 4.41. The Morgan fingerprint density at radius 2 is 1.59 bits per heavy atom. The van der Waals surface area contributed by atoms with E-state index in [4.69, 9.17) is 0 Å². The molecule has 0 fully saturated rings. The van der Waals surface area contributed by atoms with Crippen molar-refractivity contribution in [3.8, 4) is 0 Å². The Hall–Kier alpha value is -3.29. The summed E-state index contributed by atoms with van der Waals surface area (Å²) in [5.74, 6) is -0.442. The third kappa shape index (κ3) is 3.63. The van der Waals surface area contributed by atoms with Gasteiger partial charge in [0.1, 0.15) is 0 Å². The third-order valence-electron chi connectivity index (χ3n) is 2.90. The Morgan fingerprint density at radius 3 is 2.18 bits per heavy atom. The number of hydrogen-bond acceptors (Lipinski definition) is 5. The summed E-state index contributed by atoms with van der Waals surface area (Å²) in [5.41, 5.74) is 0.471. The number of nitrogens with one attached hydrogen (secondary N) is 1. The van der Waals surface area contributed by atoms with Crippen molar-refractivity contribution >= 4 is 23.0 Å². The zero-order valence-electron chi connectivity index (χ0n) is 11.3. The van der Waals surface area contributed by atoms with E-state index in [0.717, 1.165) is 0 Å². The van der Waals surface area contributed by atoms with Crippen LogP contribution in [0.5, 0.6) is 0 Å². The largest absolute Gasteiger partial charge is 0.326 e. The van der Waals surface area contributed by atoms with E-state index in [2.05, 4.69) is 5.32 Å². The van der Waals surface area contributed by atoms with Crippen LogP contribution in [0.25, 0.3) is 0 Å².